The van der Waals surface area contributed by atoms with Crippen LogP contribution in [-0.4, -0.2) is 33.0 Å². The number of nitrogens with one attached hydrogen (secondary N) is 1. The number of nitrogens with zero attached hydrogens (tertiary/aromatic N) is 3. The summed E-state index contributed by atoms with van der Waals surface area (Å²) in [5.41, 5.74) is 8.27. The summed E-state index contributed by atoms with van der Waals surface area (Å²) in [7, 11) is 0. The van der Waals surface area contributed by atoms with E-state index in [9.17, 15) is 4.79 Å². The van der Waals surface area contributed by atoms with Crippen LogP contribution in [-0.2, 0) is 11.3 Å². The lowest BCUT2D eigenvalue weighted by atomic mass is 10.1. The van der Waals surface area contributed by atoms with Gasteiger partial charge in [-0.1, -0.05) is 23.9 Å². The zero-order valence-electron chi connectivity index (χ0n) is 15.9. The molecule has 8 heteroatoms. The molecule has 3 rings (SSSR count). The molecule has 0 bridgehead atoms. The van der Waals surface area contributed by atoms with Gasteiger partial charge in [0.25, 0.3) is 0 Å². The molecule has 0 saturated heterocycles. The van der Waals surface area contributed by atoms with E-state index in [1.165, 1.54) is 11.8 Å². The molecule has 0 unspecified atom stereocenters. The van der Waals surface area contributed by atoms with E-state index < -0.39 is 0 Å². The maximum absolute atomic E-state index is 12.3. The number of thioether (sulfide) groups is 1. The summed E-state index contributed by atoms with van der Waals surface area (Å²) in [5, 5.41) is 12.1. The van der Waals surface area contributed by atoms with E-state index in [4.69, 9.17) is 10.5 Å². The van der Waals surface area contributed by atoms with Crippen molar-refractivity contribution in [3.05, 3.63) is 48.5 Å². The fourth-order valence-electron chi connectivity index (χ4n) is 2.71. The number of carbonyl (C=O) groups is 1. The van der Waals surface area contributed by atoms with Crippen LogP contribution in [0.2, 0.25) is 0 Å². The van der Waals surface area contributed by atoms with Gasteiger partial charge < -0.3 is 20.4 Å². The monoisotopic (exact) mass is 397 g/mol. The van der Waals surface area contributed by atoms with Gasteiger partial charge in [0.1, 0.15) is 5.75 Å². The molecule has 0 spiro atoms. The van der Waals surface area contributed by atoms with Gasteiger partial charge in [-0.05, 0) is 50.2 Å². The highest BCUT2D eigenvalue weighted by molar-refractivity contribution is 7.99. The summed E-state index contributed by atoms with van der Waals surface area (Å²) in [5.74, 6) is 1.60. The minimum atomic E-state index is -0.111. The first-order chi connectivity index (χ1) is 13.6. The molecule has 3 aromatic rings. The maximum Gasteiger partial charge on any atom is 0.234 e. The van der Waals surface area contributed by atoms with Crippen LogP contribution in [0.1, 0.15) is 13.8 Å². The standard InChI is InChI=1S/C20H23N5O2S/c1-3-25-19(16-7-5-6-8-17(16)21)23-24-20(25)28-13-18(26)22-14-9-11-15(12-10-14)27-4-2/h5-12H,3-4,13,21H2,1-2H3,(H,22,26). The first kappa shape index (κ1) is 19.8. The summed E-state index contributed by atoms with van der Waals surface area (Å²) < 4.78 is 7.36. The van der Waals surface area contributed by atoms with Crippen molar-refractivity contribution in [1.82, 2.24) is 14.8 Å². The van der Waals surface area contributed by atoms with Crippen molar-refractivity contribution in [3.63, 3.8) is 0 Å². The Morgan fingerprint density at radius 3 is 2.57 bits per heavy atom. The molecule has 3 N–H and O–H groups in total. The van der Waals surface area contributed by atoms with Gasteiger partial charge in [0.05, 0.1) is 12.4 Å². The molecule has 0 aliphatic heterocycles. The van der Waals surface area contributed by atoms with Crippen LogP contribution in [0.15, 0.2) is 53.7 Å². The number of nitrogen functional groups attached to an aromatic ring is 1. The van der Waals surface area contributed by atoms with E-state index in [1.807, 2.05) is 66.9 Å². The second-order valence-electron chi connectivity index (χ2n) is 5.93. The smallest absolute Gasteiger partial charge is 0.234 e. The lowest BCUT2D eigenvalue weighted by molar-refractivity contribution is -0.113. The van der Waals surface area contributed by atoms with Crippen molar-refractivity contribution in [3.8, 4) is 17.1 Å². The van der Waals surface area contributed by atoms with Gasteiger partial charge >= 0.3 is 0 Å². The Morgan fingerprint density at radius 2 is 1.89 bits per heavy atom. The number of carbonyl (C=O) groups excluding carboxylic acids is 1. The van der Waals surface area contributed by atoms with Crippen LogP contribution in [0.3, 0.4) is 0 Å². The first-order valence-electron chi connectivity index (χ1n) is 9.06. The molecule has 2 aromatic carbocycles. The van der Waals surface area contributed by atoms with E-state index >= 15 is 0 Å². The Balaban J connectivity index is 1.64. The molecule has 28 heavy (non-hydrogen) atoms. The Bertz CT molecular complexity index is 940. The minimum Gasteiger partial charge on any atom is -0.494 e. The van der Waals surface area contributed by atoms with Crippen molar-refractivity contribution >= 4 is 29.0 Å². The Hall–Kier alpha value is -3.00. The van der Waals surface area contributed by atoms with Crippen LogP contribution >= 0.6 is 11.8 Å². The second-order valence-corrected chi connectivity index (χ2v) is 6.87. The van der Waals surface area contributed by atoms with E-state index in [2.05, 4.69) is 15.5 Å². The molecule has 1 aromatic heterocycles. The number of para-hydroxylation sites is 1. The normalized spacial score (nSPS) is 10.6. The van der Waals surface area contributed by atoms with E-state index in [1.54, 1.807) is 0 Å². The van der Waals surface area contributed by atoms with Crippen molar-refractivity contribution < 1.29 is 9.53 Å². The maximum atomic E-state index is 12.3. The molecule has 0 saturated carbocycles. The highest BCUT2D eigenvalue weighted by Gasteiger charge is 2.16. The summed E-state index contributed by atoms with van der Waals surface area (Å²) in [4.78, 5) is 12.3. The molecular formula is C20H23N5O2S. The predicted molar refractivity (Wildman–Crippen MR) is 113 cm³/mol. The first-order valence-corrected chi connectivity index (χ1v) is 10.0. The van der Waals surface area contributed by atoms with Crippen molar-refractivity contribution in [2.24, 2.45) is 0 Å². The number of anilines is 2. The third-order valence-corrected chi connectivity index (χ3v) is 4.98. The van der Waals surface area contributed by atoms with Crippen molar-refractivity contribution in [2.75, 3.05) is 23.4 Å². The van der Waals surface area contributed by atoms with E-state index in [0.29, 0.717) is 29.8 Å². The average Bonchev–Trinajstić information content (AvgIpc) is 3.11. The van der Waals surface area contributed by atoms with Crippen molar-refractivity contribution in [2.45, 2.75) is 25.5 Å². The number of rotatable bonds is 8. The predicted octanol–water partition coefficient (Wildman–Crippen LogP) is 3.68. The van der Waals surface area contributed by atoms with Gasteiger partial charge in [0.15, 0.2) is 11.0 Å². The van der Waals surface area contributed by atoms with Crippen LogP contribution in [0.5, 0.6) is 5.75 Å². The lowest BCUT2D eigenvalue weighted by Gasteiger charge is -2.09. The fraction of sp³-hybridized carbons (Fsp3) is 0.250. The lowest BCUT2D eigenvalue weighted by Crippen LogP contribution is -2.14. The molecule has 0 radical (unpaired) electrons. The zero-order valence-corrected chi connectivity index (χ0v) is 16.7. The van der Waals surface area contributed by atoms with Crippen LogP contribution in [0.4, 0.5) is 11.4 Å². The van der Waals surface area contributed by atoms with Crippen molar-refractivity contribution in [1.29, 1.82) is 0 Å². The third-order valence-electron chi connectivity index (χ3n) is 4.02. The minimum absolute atomic E-state index is 0.111. The highest BCUT2D eigenvalue weighted by atomic mass is 32.2. The number of hydrogen-bond acceptors (Lipinski definition) is 6. The molecule has 1 heterocycles. The highest BCUT2D eigenvalue weighted by Crippen LogP contribution is 2.27. The summed E-state index contributed by atoms with van der Waals surface area (Å²) >= 11 is 1.34. The number of hydrogen-bond donors (Lipinski definition) is 2. The van der Waals surface area contributed by atoms with Gasteiger partial charge in [0.2, 0.25) is 5.91 Å². The quantitative estimate of drug-likeness (QED) is 0.445. The molecule has 0 aliphatic rings. The number of ether oxygens (including phenoxy) is 1. The largest absolute Gasteiger partial charge is 0.494 e. The SMILES string of the molecule is CCOc1ccc(NC(=O)CSc2nnc(-c3ccccc3N)n2CC)cc1. The molecule has 0 aliphatic carbocycles. The molecule has 0 fully saturated rings. The number of benzene rings is 2. The summed E-state index contributed by atoms with van der Waals surface area (Å²) in [6, 6.07) is 14.8. The number of aromatic nitrogens is 3. The molecule has 146 valence electrons. The molecular weight excluding hydrogens is 374 g/mol. The topological polar surface area (TPSA) is 95.1 Å². The van der Waals surface area contributed by atoms with Crippen LogP contribution in [0, 0.1) is 0 Å². The van der Waals surface area contributed by atoms with Crippen LogP contribution < -0.4 is 15.8 Å². The summed E-state index contributed by atoms with van der Waals surface area (Å²) in [6.07, 6.45) is 0. The number of amides is 1. The van der Waals surface area contributed by atoms with Gasteiger partial charge in [-0.2, -0.15) is 0 Å². The Labute approximate surface area is 168 Å². The zero-order chi connectivity index (χ0) is 19.9. The third kappa shape index (κ3) is 4.64. The molecule has 7 nitrogen and oxygen atoms in total. The Kier molecular flexibility index (Phi) is 6.54. The van der Waals surface area contributed by atoms with Gasteiger partial charge in [-0.15, -0.1) is 10.2 Å². The Morgan fingerprint density at radius 1 is 1.14 bits per heavy atom. The van der Waals surface area contributed by atoms with Gasteiger partial charge in [-0.25, -0.2) is 0 Å². The average molecular weight is 398 g/mol. The van der Waals surface area contributed by atoms with Gasteiger partial charge in [0, 0.05) is 23.5 Å². The molecule has 1 amide bonds. The molecule has 0 atom stereocenters. The van der Waals surface area contributed by atoms with Gasteiger partial charge in [-0.3, -0.25) is 4.79 Å². The van der Waals surface area contributed by atoms with E-state index in [-0.39, 0.29) is 11.7 Å². The number of nitrogens with two attached hydrogens (primary N) is 1. The fourth-order valence-corrected chi connectivity index (χ4v) is 3.51. The van der Waals surface area contributed by atoms with Crippen LogP contribution in [0.25, 0.3) is 11.4 Å². The summed E-state index contributed by atoms with van der Waals surface area (Å²) in [6.45, 7) is 5.23. The second kappa shape index (κ2) is 9.27. The van der Waals surface area contributed by atoms with E-state index in [0.717, 1.165) is 17.0 Å².